The molecule has 0 bridgehead atoms. The Morgan fingerprint density at radius 2 is 1.84 bits per heavy atom. The molecule has 0 atom stereocenters. The molecular weight excluding hydrogens is 436 g/mol. The van der Waals surface area contributed by atoms with Crippen LogP contribution in [-0.4, -0.2) is 68.8 Å². The van der Waals surface area contributed by atoms with E-state index in [1.807, 2.05) is 18.2 Å². The lowest BCUT2D eigenvalue weighted by Gasteiger charge is -2.34. The molecular formula is C22H24N2O7S. The largest absolute Gasteiger partial charge is 0.495 e. The molecule has 32 heavy (non-hydrogen) atoms. The maximum atomic E-state index is 13.3. The van der Waals surface area contributed by atoms with E-state index in [1.54, 1.807) is 6.07 Å². The predicted octanol–water partition coefficient (Wildman–Crippen LogP) is 2.03. The third kappa shape index (κ3) is 4.72. The molecule has 1 fully saturated rings. The van der Waals surface area contributed by atoms with Crippen LogP contribution in [0.5, 0.6) is 17.2 Å². The molecule has 0 aliphatic carbocycles. The number of benzene rings is 2. The van der Waals surface area contributed by atoms with Gasteiger partial charge in [-0.05, 0) is 41.5 Å². The summed E-state index contributed by atoms with van der Waals surface area (Å²) in [5.74, 6) is 0.579. The van der Waals surface area contributed by atoms with Gasteiger partial charge in [0.25, 0.3) is 0 Å². The van der Waals surface area contributed by atoms with Crippen molar-refractivity contribution >= 4 is 22.1 Å². The highest BCUT2D eigenvalue weighted by molar-refractivity contribution is 7.89. The maximum Gasteiger partial charge on any atom is 0.328 e. The Kier molecular flexibility index (Phi) is 6.35. The number of fused-ring (bicyclic) bond motifs is 1. The van der Waals surface area contributed by atoms with Crippen LogP contribution in [0.3, 0.4) is 0 Å². The van der Waals surface area contributed by atoms with Gasteiger partial charge in [-0.1, -0.05) is 12.1 Å². The molecule has 10 heteroatoms. The molecule has 0 spiro atoms. The number of carboxylic acids is 1. The van der Waals surface area contributed by atoms with Crippen LogP contribution in [0.4, 0.5) is 0 Å². The molecule has 0 radical (unpaired) electrons. The Morgan fingerprint density at radius 1 is 1.09 bits per heavy atom. The number of carbonyl (C=O) groups is 1. The van der Waals surface area contributed by atoms with Crippen molar-refractivity contribution in [1.29, 1.82) is 0 Å². The van der Waals surface area contributed by atoms with Crippen molar-refractivity contribution in [3.63, 3.8) is 0 Å². The molecule has 2 aliphatic heterocycles. The maximum absolute atomic E-state index is 13.3. The zero-order chi connectivity index (χ0) is 22.7. The lowest BCUT2D eigenvalue weighted by atomic mass is 10.2. The van der Waals surface area contributed by atoms with Gasteiger partial charge in [-0.15, -0.1) is 0 Å². The standard InChI is InChI=1S/C22H24N2O7S/c1-29-19-6-2-16(4-7-22(25)26)13-21(19)32(27,28)24-10-8-23(9-11-24)14-17-3-5-18-20(12-17)31-15-30-18/h2-7,12-13H,8-11,14-15H2,1H3,(H,25,26). The number of sulfonamides is 1. The molecule has 2 aliphatic rings. The third-order valence-electron chi connectivity index (χ3n) is 5.40. The van der Waals surface area contributed by atoms with Crippen LogP contribution < -0.4 is 14.2 Å². The van der Waals surface area contributed by atoms with Crippen LogP contribution in [0.2, 0.25) is 0 Å². The van der Waals surface area contributed by atoms with Gasteiger partial charge in [0.15, 0.2) is 11.5 Å². The van der Waals surface area contributed by atoms with Gasteiger partial charge in [0.2, 0.25) is 16.8 Å². The van der Waals surface area contributed by atoms with E-state index in [0.29, 0.717) is 38.3 Å². The molecule has 9 nitrogen and oxygen atoms in total. The number of aliphatic carboxylic acids is 1. The second kappa shape index (κ2) is 9.19. The zero-order valence-corrected chi connectivity index (χ0v) is 18.4. The quantitative estimate of drug-likeness (QED) is 0.626. The van der Waals surface area contributed by atoms with Crippen molar-refractivity contribution in [2.24, 2.45) is 0 Å². The number of nitrogens with zero attached hydrogens (tertiary/aromatic N) is 2. The van der Waals surface area contributed by atoms with Crippen LogP contribution in [-0.2, 0) is 21.4 Å². The van der Waals surface area contributed by atoms with Gasteiger partial charge >= 0.3 is 5.97 Å². The first-order valence-corrected chi connectivity index (χ1v) is 11.5. The van der Waals surface area contributed by atoms with Gasteiger partial charge in [-0.3, -0.25) is 4.90 Å². The fourth-order valence-electron chi connectivity index (χ4n) is 3.73. The van der Waals surface area contributed by atoms with Crippen molar-refractivity contribution in [2.75, 3.05) is 40.1 Å². The highest BCUT2D eigenvalue weighted by atomic mass is 32.2. The predicted molar refractivity (Wildman–Crippen MR) is 116 cm³/mol. The molecule has 1 saturated heterocycles. The highest BCUT2D eigenvalue weighted by Crippen LogP contribution is 2.33. The van der Waals surface area contributed by atoms with Crippen LogP contribution >= 0.6 is 0 Å². The summed E-state index contributed by atoms with van der Waals surface area (Å²) in [5.41, 5.74) is 1.54. The van der Waals surface area contributed by atoms with Crippen LogP contribution in [0.15, 0.2) is 47.4 Å². The molecule has 0 saturated carbocycles. The lowest BCUT2D eigenvalue weighted by molar-refractivity contribution is -0.131. The molecule has 2 aromatic carbocycles. The summed E-state index contributed by atoms with van der Waals surface area (Å²) in [6.07, 6.45) is 2.32. The molecule has 4 rings (SSSR count). The summed E-state index contributed by atoms with van der Waals surface area (Å²) < 4.78 is 44.1. The van der Waals surface area contributed by atoms with E-state index in [-0.39, 0.29) is 17.4 Å². The van der Waals surface area contributed by atoms with Gasteiger partial charge in [0.05, 0.1) is 7.11 Å². The SMILES string of the molecule is COc1ccc(C=CC(=O)O)cc1S(=O)(=O)N1CCN(Cc2ccc3c(c2)OCO3)CC1. The average Bonchev–Trinajstić information content (AvgIpc) is 3.26. The lowest BCUT2D eigenvalue weighted by Crippen LogP contribution is -2.48. The fraction of sp³-hybridized carbons (Fsp3) is 0.318. The van der Waals surface area contributed by atoms with Gasteiger partial charge in [0.1, 0.15) is 10.6 Å². The molecule has 170 valence electrons. The van der Waals surface area contributed by atoms with E-state index >= 15 is 0 Å². The molecule has 2 heterocycles. The van der Waals surface area contributed by atoms with Crippen molar-refractivity contribution in [2.45, 2.75) is 11.4 Å². The van der Waals surface area contributed by atoms with Crippen molar-refractivity contribution in [3.8, 4) is 17.2 Å². The van der Waals surface area contributed by atoms with Crippen LogP contribution in [0, 0.1) is 0 Å². The second-order valence-corrected chi connectivity index (χ2v) is 9.36. The van der Waals surface area contributed by atoms with Crippen LogP contribution in [0.1, 0.15) is 11.1 Å². The number of carboxylic acid groups (broad SMARTS) is 1. The van der Waals surface area contributed by atoms with Crippen molar-refractivity contribution < 1.29 is 32.5 Å². The highest BCUT2D eigenvalue weighted by Gasteiger charge is 2.31. The Hall–Kier alpha value is -3.08. The average molecular weight is 461 g/mol. The Bertz CT molecular complexity index is 1140. The molecule has 2 aromatic rings. The minimum Gasteiger partial charge on any atom is -0.495 e. The minimum atomic E-state index is -3.81. The number of hydrogen-bond acceptors (Lipinski definition) is 7. The van der Waals surface area contributed by atoms with Crippen LogP contribution in [0.25, 0.3) is 6.08 Å². The third-order valence-corrected chi connectivity index (χ3v) is 7.32. The summed E-state index contributed by atoms with van der Waals surface area (Å²) in [6.45, 7) is 2.75. The van der Waals surface area contributed by atoms with Gasteiger partial charge in [-0.2, -0.15) is 4.31 Å². The van der Waals surface area contributed by atoms with E-state index in [2.05, 4.69) is 4.90 Å². The van der Waals surface area contributed by atoms with E-state index in [4.69, 9.17) is 19.3 Å². The molecule has 0 amide bonds. The summed E-state index contributed by atoms with van der Waals surface area (Å²) in [5, 5.41) is 8.83. The van der Waals surface area contributed by atoms with Gasteiger partial charge in [0, 0.05) is 38.8 Å². The number of hydrogen-bond donors (Lipinski definition) is 1. The number of piperazine rings is 1. The van der Waals surface area contributed by atoms with Gasteiger partial charge < -0.3 is 19.3 Å². The Morgan fingerprint density at radius 3 is 2.56 bits per heavy atom. The topological polar surface area (TPSA) is 106 Å². The molecule has 0 aromatic heterocycles. The molecule has 0 unspecified atom stereocenters. The molecule has 1 N–H and O–H groups in total. The Balaban J connectivity index is 1.45. The number of rotatable bonds is 7. The first-order valence-electron chi connectivity index (χ1n) is 10.1. The number of methoxy groups -OCH3 is 1. The first kappa shape index (κ1) is 22.1. The summed E-state index contributed by atoms with van der Waals surface area (Å²) in [6, 6.07) is 10.4. The Labute approximate surface area is 186 Å². The van der Waals surface area contributed by atoms with Gasteiger partial charge in [-0.25, -0.2) is 13.2 Å². The summed E-state index contributed by atoms with van der Waals surface area (Å²) in [7, 11) is -2.40. The van der Waals surface area contributed by atoms with E-state index in [0.717, 1.165) is 23.1 Å². The van der Waals surface area contributed by atoms with E-state index < -0.39 is 16.0 Å². The van der Waals surface area contributed by atoms with Crippen molar-refractivity contribution in [1.82, 2.24) is 9.21 Å². The monoisotopic (exact) mass is 460 g/mol. The minimum absolute atomic E-state index is 0.0248. The summed E-state index contributed by atoms with van der Waals surface area (Å²) >= 11 is 0. The number of ether oxygens (including phenoxy) is 3. The fourth-order valence-corrected chi connectivity index (χ4v) is 5.34. The smallest absolute Gasteiger partial charge is 0.328 e. The zero-order valence-electron chi connectivity index (χ0n) is 17.6. The summed E-state index contributed by atoms with van der Waals surface area (Å²) in [4.78, 5) is 13.0. The first-order chi connectivity index (χ1) is 15.4. The van der Waals surface area contributed by atoms with E-state index in [1.165, 1.54) is 29.6 Å². The normalized spacial score (nSPS) is 17.0. The van der Waals surface area contributed by atoms with E-state index in [9.17, 15) is 13.2 Å². The second-order valence-electron chi connectivity index (χ2n) is 7.45. The van der Waals surface area contributed by atoms with Crippen molar-refractivity contribution in [3.05, 3.63) is 53.6 Å².